The molecule has 80 valence electrons. The Morgan fingerprint density at radius 1 is 1.38 bits per heavy atom. The summed E-state index contributed by atoms with van der Waals surface area (Å²) in [6.45, 7) is 0. The molecule has 0 aliphatic carbocycles. The predicted molar refractivity (Wildman–Crippen MR) is 59.0 cm³/mol. The first kappa shape index (κ1) is 9.47. The van der Waals surface area contributed by atoms with Gasteiger partial charge in [0.25, 0.3) is 5.91 Å². The second-order valence-corrected chi connectivity index (χ2v) is 4.44. The van der Waals surface area contributed by atoms with E-state index in [2.05, 4.69) is 10.3 Å². The van der Waals surface area contributed by atoms with E-state index in [0.29, 0.717) is 5.56 Å². The van der Waals surface area contributed by atoms with E-state index < -0.39 is 0 Å². The molecule has 1 N–H and O–H groups in total. The van der Waals surface area contributed by atoms with Gasteiger partial charge in [0.15, 0.2) is 0 Å². The SMILES string of the molecule is O=C1N[C@H](c2ccco2)Sc2ncccc21. The minimum atomic E-state index is -0.190. The highest BCUT2D eigenvalue weighted by molar-refractivity contribution is 7.99. The lowest BCUT2D eigenvalue weighted by Gasteiger charge is -2.22. The number of nitrogens with one attached hydrogen (secondary N) is 1. The largest absolute Gasteiger partial charge is 0.466 e. The molecule has 16 heavy (non-hydrogen) atoms. The maximum Gasteiger partial charge on any atom is 0.255 e. The summed E-state index contributed by atoms with van der Waals surface area (Å²) in [6, 6.07) is 7.16. The van der Waals surface area contributed by atoms with Crippen LogP contribution in [0, 0.1) is 0 Å². The van der Waals surface area contributed by atoms with Crippen LogP contribution in [0.1, 0.15) is 21.5 Å². The van der Waals surface area contributed by atoms with Gasteiger partial charge in [0, 0.05) is 6.20 Å². The number of amides is 1. The summed E-state index contributed by atoms with van der Waals surface area (Å²) in [7, 11) is 0. The van der Waals surface area contributed by atoms with Gasteiger partial charge in [0.05, 0.1) is 11.8 Å². The van der Waals surface area contributed by atoms with Crippen molar-refractivity contribution in [3.05, 3.63) is 48.0 Å². The number of furan rings is 1. The zero-order valence-electron chi connectivity index (χ0n) is 8.21. The molecule has 1 atom stereocenters. The Kier molecular flexibility index (Phi) is 2.18. The summed E-state index contributed by atoms with van der Waals surface area (Å²) in [5.41, 5.74) is 0.621. The highest BCUT2D eigenvalue weighted by atomic mass is 32.2. The number of hydrogen-bond donors (Lipinski definition) is 1. The molecule has 2 aromatic heterocycles. The molecule has 4 nitrogen and oxygen atoms in total. The van der Waals surface area contributed by atoms with E-state index in [1.807, 2.05) is 6.07 Å². The Hall–Kier alpha value is -1.75. The lowest BCUT2D eigenvalue weighted by Crippen LogP contribution is -2.30. The number of aromatic nitrogens is 1. The van der Waals surface area contributed by atoms with Crippen molar-refractivity contribution in [2.45, 2.75) is 10.4 Å². The summed E-state index contributed by atoms with van der Waals surface area (Å²) in [4.78, 5) is 16.0. The molecule has 0 saturated carbocycles. The van der Waals surface area contributed by atoms with Gasteiger partial charge in [0.1, 0.15) is 16.2 Å². The number of hydrogen-bond acceptors (Lipinski definition) is 4. The number of carbonyl (C=O) groups excluding carboxylic acids is 1. The first-order valence-electron chi connectivity index (χ1n) is 4.80. The van der Waals surface area contributed by atoms with Crippen molar-refractivity contribution in [1.82, 2.24) is 10.3 Å². The van der Waals surface area contributed by atoms with Crippen molar-refractivity contribution in [1.29, 1.82) is 0 Å². The molecule has 0 radical (unpaired) electrons. The third-order valence-electron chi connectivity index (χ3n) is 2.31. The monoisotopic (exact) mass is 232 g/mol. The molecule has 3 heterocycles. The van der Waals surface area contributed by atoms with Crippen LogP contribution in [0.15, 0.2) is 46.2 Å². The summed E-state index contributed by atoms with van der Waals surface area (Å²) in [5, 5.41) is 3.42. The van der Waals surface area contributed by atoms with Gasteiger partial charge in [-0.15, -0.1) is 0 Å². The average molecular weight is 232 g/mol. The quantitative estimate of drug-likeness (QED) is 0.819. The van der Waals surface area contributed by atoms with Gasteiger partial charge in [-0.05, 0) is 24.3 Å². The molecule has 0 aromatic carbocycles. The minimum absolute atomic E-state index is 0.108. The highest BCUT2D eigenvalue weighted by Gasteiger charge is 2.28. The van der Waals surface area contributed by atoms with Crippen molar-refractivity contribution in [3.63, 3.8) is 0 Å². The maximum absolute atomic E-state index is 11.8. The first-order valence-corrected chi connectivity index (χ1v) is 5.68. The van der Waals surface area contributed by atoms with E-state index in [1.165, 1.54) is 11.8 Å². The van der Waals surface area contributed by atoms with E-state index in [-0.39, 0.29) is 11.3 Å². The van der Waals surface area contributed by atoms with Crippen LogP contribution >= 0.6 is 11.8 Å². The Morgan fingerprint density at radius 3 is 3.12 bits per heavy atom. The van der Waals surface area contributed by atoms with Crippen LogP contribution in [0.3, 0.4) is 0 Å². The molecule has 0 saturated heterocycles. The Morgan fingerprint density at radius 2 is 2.31 bits per heavy atom. The van der Waals surface area contributed by atoms with E-state index in [1.54, 1.807) is 30.7 Å². The average Bonchev–Trinajstić information content (AvgIpc) is 2.82. The number of fused-ring (bicyclic) bond motifs is 1. The van der Waals surface area contributed by atoms with Crippen molar-refractivity contribution in [2.24, 2.45) is 0 Å². The van der Waals surface area contributed by atoms with E-state index in [4.69, 9.17) is 4.42 Å². The first-order chi connectivity index (χ1) is 7.84. The smallest absolute Gasteiger partial charge is 0.255 e. The van der Waals surface area contributed by atoms with Gasteiger partial charge in [-0.2, -0.15) is 0 Å². The normalized spacial score (nSPS) is 19.0. The fourth-order valence-corrected chi connectivity index (χ4v) is 2.61. The lowest BCUT2D eigenvalue weighted by molar-refractivity contribution is 0.0939. The molecular weight excluding hydrogens is 224 g/mol. The number of rotatable bonds is 1. The topological polar surface area (TPSA) is 55.1 Å². The molecular formula is C11H8N2O2S. The molecule has 0 spiro atoms. The number of thioether (sulfide) groups is 1. The van der Waals surface area contributed by atoms with E-state index in [9.17, 15) is 4.79 Å². The molecule has 0 bridgehead atoms. The zero-order chi connectivity index (χ0) is 11.0. The Labute approximate surface area is 96.1 Å². The van der Waals surface area contributed by atoms with Gasteiger partial charge in [-0.3, -0.25) is 4.79 Å². The molecule has 5 heteroatoms. The second-order valence-electron chi connectivity index (χ2n) is 3.34. The standard InChI is InChI=1S/C11H8N2O2S/c14-9-7-3-1-5-12-10(7)16-11(13-9)8-4-2-6-15-8/h1-6,11H,(H,13,14)/t11-/m0/s1. The number of carbonyl (C=O) groups is 1. The van der Waals surface area contributed by atoms with Crippen LogP contribution in [0.5, 0.6) is 0 Å². The van der Waals surface area contributed by atoms with Crippen molar-refractivity contribution in [2.75, 3.05) is 0 Å². The van der Waals surface area contributed by atoms with Gasteiger partial charge >= 0.3 is 0 Å². The molecule has 3 rings (SSSR count). The van der Waals surface area contributed by atoms with Crippen LogP contribution < -0.4 is 5.32 Å². The van der Waals surface area contributed by atoms with Gasteiger partial charge in [-0.1, -0.05) is 11.8 Å². The van der Waals surface area contributed by atoms with Gasteiger partial charge < -0.3 is 9.73 Å². The minimum Gasteiger partial charge on any atom is -0.466 e. The van der Waals surface area contributed by atoms with Crippen molar-refractivity contribution >= 4 is 17.7 Å². The summed E-state index contributed by atoms with van der Waals surface area (Å²) in [6.07, 6.45) is 3.28. The number of nitrogens with zero attached hydrogens (tertiary/aromatic N) is 1. The lowest BCUT2D eigenvalue weighted by atomic mass is 10.2. The van der Waals surface area contributed by atoms with Gasteiger partial charge in [0.2, 0.25) is 0 Å². The maximum atomic E-state index is 11.8. The van der Waals surface area contributed by atoms with Crippen LogP contribution in [-0.2, 0) is 0 Å². The molecule has 1 aliphatic rings. The fourth-order valence-electron chi connectivity index (χ4n) is 1.57. The zero-order valence-corrected chi connectivity index (χ0v) is 9.03. The molecule has 1 aliphatic heterocycles. The third-order valence-corrected chi connectivity index (χ3v) is 3.44. The molecule has 1 amide bonds. The molecule has 0 unspecified atom stereocenters. The van der Waals surface area contributed by atoms with Crippen LogP contribution in [-0.4, -0.2) is 10.9 Å². The second kappa shape index (κ2) is 3.68. The molecule has 0 fully saturated rings. The van der Waals surface area contributed by atoms with E-state index >= 15 is 0 Å². The molecule has 2 aromatic rings. The van der Waals surface area contributed by atoms with Crippen LogP contribution in [0.2, 0.25) is 0 Å². The van der Waals surface area contributed by atoms with Crippen LogP contribution in [0.25, 0.3) is 0 Å². The third kappa shape index (κ3) is 1.49. The van der Waals surface area contributed by atoms with Crippen molar-refractivity contribution in [3.8, 4) is 0 Å². The van der Waals surface area contributed by atoms with Crippen LogP contribution in [0.4, 0.5) is 0 Å². The van der Waals surface area contributed by atoms with E-state index in [0.717, 1.165) is 10.8 Å². The highest BCUT2D eigenvalue weighted by Crippen LogP contribution is 2.37. The Bertz CT molecular complexity index is 525. The number of pyridine rings is 1. The predicted octanol–water partition coefficient (Wildman–Crippen LogP) is 2.21. The van der Waals surface area contributed by atoms with Gasteiger partial charge in [-0.25, -0.2) is 4.98 Å². The summed E-state index contributed by atoms with van der Waals surface area (Å²) >= 11 is 1.48. The van der Waals surface area contributed by atoms with Crippen molar-refractivity contribution < 1.29 is 9.21 Å². The summed E-state index contributed by atoms with van der Waals surface area (Å²) in [5.74, 6) is 0.623. The fraction of sp³-hybridized carbons (Fsp3) is 0.0909. The Balaban J connectivity index is 1.98. The summed E-state index contributed by atoms with van der Waals surface area (Å²) < 4.78 is 5.27.